The lowest BCUT2D eigenvalue weighted by molar-refractivity contribution is 0.102. The second kappa shape index (κ2) is 7.92. The minimum Gasteiger partial charge on any atom is -0.486 e. The van der Waals surface area contributed by atoms with Crippen molar-refractivity contribution in [2.75, 3.05) is 25.6 Å². The Balaban J connectivity index is 1.28. The largest absolute Gasteiger partial charge is 0.486 e. The van der Waals surface area contributed by atoms with Crippen LogP contribution in [-0.4, -0.2) is 55.1 Å². The number of nitrogens with zero attached hydrogens (tertiary/aromatic N) is 3. The van der Waals surface area contributed by atoms with Crippen LogP contribution in [0.15, 0.2) is 51.8 Å². The lowest BCUT2D eigenvalue weighted by Crippen LogP contribution is -2.29. The summed E-state index contributed by atoms with van der Waals surface area (Å²) in [6.45, 7) is 0.950. The molecule has 1 N–H and O–H groups in total. The molecule has 3 aromatic rings. The number of carbonyl (C=O) groups is 1. The predicted octanol–water partition coefficient (Wildman–Crippen LogP) is 2.54. The molecule has 0 bridgehead atoms. The number of sulfonamides is 1. The molecule has 32 heavy (non-hydrogen) atoms. The number of fused-ring (bicyclic) bond motifs is 1. The fourth-order valence-electron chi connectivity index (χ4n) is 3.32. The highest BCUT2D eigenvalue weighted by Gasteiger charge is 2.35. The topological polar surface area (TPSA) is 124 Å². The van der Waals surface area contributed by atoms with E-state index in [1.54, 1.807) is 25.2 Å². The SMILES string of the molecule is CN(C1CC1)S(=O)(=O)c1ccc(C(=O)Nc2nnc(-c3ccc4c(c3)OCCO4)o2)cc1. The first-order valence-electron chi connectivity index (χ1n) is 10.0. The van der Waals surface area contributed by atoms with E-state index in [1.165, 1.54) is 28.6 Å². The molecule has 1 fully saturated rings. The van der Waals surface area contributed by atoms with Crippen molar-refractivity contribution in [2.24, 2.45) is 0 Å². The summed E-state index contributed by atoms with van der Waals surface area (Å²) in [5, 5.41) is 10.3. The van der Waals surface area contributed by atoms with Crippen LogP contribution in [0.4, 0.5) is 6.01 Å². The van der Waals surface area contributed by atoms with E-state index in [-0.39, 0.29) is 28.4 Å². The average Bonchev–Trinajstić information content (AvgIpc) is 3.56. The van der Waals surface area contributed by atoms with E-state index in [0.29, 0.717) is 30.3 Å². The summed E-state index contributed by atoms with van der Waals surface area (Å²) >= 11 is 0. The molecule has 1 aliphatic carbocycles. The number of nitrogens with one attached hydrogen (secondary N) is 1. The maximum Gasteiger partial charge on any atom is 0.322 e. The van der Waals surface area contributed by atoms with Crippen molar-refractivity contribution >= 4 is 21.9 Å². The van der Waals surface area contributed by atoms with Gasteiger partial charge >= 0.3 is 6.01 Å². The summed E-state index contributed by atoms with van der Waals surface area (Å²) in [6.07, 6.45) is 1.74. The van der Waals surface area contributed by atoms with E-state index in [1.807, 2.05) is 0 Å². The van der Waals surface area contributed by atoms with E-state index in [2.05, 4.69) is 15.5 Å². The van der Waals surface area contributed by atoms with E-state index >= 15 is 0 Å². The summed E-state index contributed by atoms with van der Waals surface area (Å²) < 4.78 is 43.1. The molecule has 0 saturated heterocycles. The number of hydrogen-bond acceptors (Lipinski definition) is 8. The van der Waals surface area contributed by atoms with Crippen LogP contribution < -0.4 is 14.8 Å². The zero-order chi connectivity index (χ0) is 22.3. The smallest absolute Gasteiger partial charge is 0.322 e. The molecule has 1 amide bonds. The van der Waals surface area contributed by atoms with Gasteiger partial charge in [-0.15, -0.1) is 5.10 Å². The van der Waals surface area contributed by atoms with Crippen molar-refractivity contribution < 1.29 is 27.1 Å². The van der Waals surface area contributed by atoms with Crippen molar-refractivity contribution in [3.8, 4) is 23.0 Å². The first kappa shape index (κ1) is 20.5. The highest BCUT2D eigenvalue weighted by atomic mass is 32.2. The first-order chi connectivity index (χ1) is 15.4. The Labute approximate surface area is 184 Å². The number of carbonyl (C=O) groups excluding carboxylic acids is 1. The second-order valence-corrected chi connectivity index (χ2v) is 9.50. The number of amides is 1. The molecule has 0 radical (unpaired) electrons. The summed E-state index contributed by atoms with van der Waals surface area (Å²) in [5.41, 5.74) is 0.883. The van der Waals surface area contributed by atoms with Crippen LogP contribution in [0.1, 0.15) is 23.2 Å². The van der Waals surface area contributed by atoms with Crippen molar-refractivity contribution in [1.82, 2.24) is 14.5 Å². The van der Waals surface area contributed by atoms with E-state index in [4.69, 9.17) is 13.9 Å². The standard InChI is InChI=1S/C21H20N4O6S/c1-25(15-5-6-15)32(27,28)16-7-2-13(3-8-16)19(26)22-21-24-23-20(31-21)14-4-9-17-18(12-14)30-11-10-29-17/h2-4,7-9,12,15H,5-6,10-11H2,1H3,(H,22,24,26). The van der Waals surface area contributed by atoms with Gasteiger partial charge in [-0.25, -0.2) is 8.42 Å². The van der Waals surface area contributed by atoms with Crippen LogP contribution >= 0.6 is 0 Å². The molecule has 11 heteroatoms. The molecule has 0 unspecified atom stereocenters. The molecular formula is C21H20N4O6S. The van der Waals surface area contributed by atoms with Gasteiger partial charge in [0.25, 0.3) is 5.91 Å². The molecule has 2 aromatic carbocycles. The highest BCUT2D eigenvalue weighted by Crippen LogP contribution is 2.34. The van der Waals surface area contributed by atoms with Gasteiger partial charge in [0.1, 0.15) is 13.2 Å². The van der Waals surface area contributed by atoms with Crippen LogP contribution in [0.25, 0.3) is 11.5 Å². The molecule has 0 atom stereocenters. The first-order valence-corrected chi connectivity index (χ1v) is 11.5. The van der Waals surface area contributed by atoms with Crippen LogP contribution in [0.5, 0.6) is 11.5 Å². The molecule has 2 heterocycles. The van der Waals surface area contributed by atoms with Gasteiger partial charge in [0, 0.05) is 24.2 Å². The van der Waals surface area contributed by atoms with Gasteiger partial charge in [-0.3, -0.25) is 10.1 Å². The summed E-state index contributed by atoms with van der Waals surface area (Å²) in [7, 11) is -2.00. The molecule has 1 saturated carbocycles. The Bertz CT molecular complexity index is 1270. The van der Waals surface area contributed by atoms with Gasteiger partial charge in [-0.05, 0) is 55.3 Å². The zero-order valence-corrected chi connectivity index (χ0v) is 18.0. The third kappa shape index (κ3) is 3.92. The number of ether oxygens (including phenoxy) is 2. The molecular weight excluding hydrogens is 436 g/mol. The van der Waals surface area contributed by atoms with Crippen molar-refractivity contribution in [3.63, 3.8) is 0 Å². The Kier molecular flexibility index (Phi) is 5.06. The number of anilines is 1. The van der Waals surface area contributed by atoms with Crippen LogP contribution in [0.2, 0.25) is 0 Å². The minimum absolute atomic E-state index is 0.0592. The molecule has 1 aromatic heterocycles. The maximum absolute atomic E-state index is 12.6. The predicted molar refractivity (Wildman–Crippen MR) is 113 cm³/mol. The number of benzene rings is 2. The number of hydrogen-bond donors (Lipinski definition) is 1. The molecule has 2 aliphatic rings. The normalized spacial score (nSPS) is 15.6. The minimum atomic E-state index is -3.57. The third-order valence-electron chi connectivity index (χ3n) is 5.29. The van der Waals surface area contributed by atoms with E-state index in [0.717, 1.165) is 12.8 Å². The van der Waals surface area contributed by atoms with Gasteiger partial charge in [-0.1, -0.05) is 5.10 Å². The van der Waals surface area contributed by atoms with Gasteiger partial charge in [-0.2, -0.15) is 4.31 Å². The Hall–Kier alpha value is -3.44. The van der Waals surface area contributed by atoms with Crippen LogP contribution in [0.3, 0.4) is 0 Å². The van der Waals surface area contributed by atoms with E-state index in [9.17, 15) is 13.2 Å². The Morgan fingerprint density at radius 3 is 2.47 bits per heavy atom. The van der Waals surface area contributed by atoms with Crippen molar-refractivity contribution in [2.45, 2.75) is 23.8 Å². The lowest BCUT2D eigenvalue weighted by Gasteiger charge is -2.18. The molecule has 1 aliphatic heterocycles. The van der Waals surface area contributed by atoms with Gasteiger partial charge in [0.05, 0.1) is 4.90 Å². The zero-order valence-electron chi connectivity index (χ0n) is 17.1. The van der Waals surface area contributed by atoms with Crippen LogP contribution in [0, 0.1) is 0 Å². The average molecular weight is 456 g/mol. The van der Waals surface area contributed by atoms with Gasteiger partial charge < -0.3 is 13.9 Å². The second-order valence-electron chi connectivity index (χ2n) is 7.50. The van der Waals surface area contributed by atoms with Gasteiger partial charge in [0.2, 0.25) is 15.9 Å². The summed E-state index contributed by atoms with van der Waals surface area (Å²) in [5.74, 6) is 0.936. The maximum atomic E-state index is 12.6. The third-order valence-corrected chi connectivity index (χ3v) is 7.21. The lowest BCUT2D eigenvalue weighted by atomic mass is 10.2. The molecule has 10 nitrogen and oxygen atoms in total. The summed E-state index contributed by atoms with van der Waals surface area (Å²) in [4.78, 5) is 12.7. The van der Waals surface area contributed by atoms with Gasteiger partial charge in [0.15, 0.2) is 11.5 Å². The highest BCUT2D eigenvalue weighted by molar-refractivity contribution is 7.89. The number of rotatable bonds is 6. The molecule has 5 rings (SSSR count). The monoisotopic (exact) mass is 456 g/mol. The Morgan fingerprint density at radius 1 is 1.03 bits per heavy atom. The fraction of sp³-hybridized carbons (Fsp3) is 0.286. The fourth-order valence-corrected chi connectivity index (χ4v) is 4.73. The Morgan fingerprint density at radius 2 is 1.75 bits per heavy atom. The molecule has 166 valence electrons. The number of aromatic nitrogens is 2. The quantitative estimate of drug-likeness (QED) is 0.600. The van der Waals surface area contributed by atoms with Crippen molar-refractivity contribution in [1.29, 1.82) is 0 Å². The van der Waals surface area contributed by atoms with E-state index < -0.39 is 15.9 Å². The summed E-state index contributed by atoms with van der Waals surface area (Å²) in [6, 6.07) is 10.9. The van der Waals surface area contributed by atoms with Crippen molar-refractivity contribution in [3.05, 3.63) is 48.0 Å². The van der Waals surface area contributed by atoms with Crippen LogP contribution in [-0.2, 0) is 10.0 Å². The molecule has 0 spiro atoms.